The van der Waals surface area contributed by atoms with Gasteiger partial charge in [-0.2, -0.15) is 0 Å². The predicted octanol–water partition coefficient (Wildman–Crippen LogP) is 4.88. The summed E-state index contributed by atoms with van der Waals surface area (Å²) in [7, 11) is 0. The molecule has 6 nitrogen and oxygen atoms in total. The highest BCUT2D eigenvalue weighted by Gasteiger charge is 2.18. The molecule has 0 fully saturated rings. The van der Waals surface area contributed by atoms with Crippen LogP contribution >= 0.6 is 23.2 Å². The molecule has 146 valence electrons. The molecule has 1 aromatic heterocycles. The van der Waals surface area contributed by atoms with E-state index in [1.165, 1.54) is 12.1 Å². The van der Waals surface area contributed by atoms with Crippen LogP contribution in [0.5, 0.6) is 0 Å². The Morgan fingerprint density at radius 3 is 1.69 bits per heavy atom. The monoisotopic (exact) mass is 429 g/mol. The van der Waals surface area contributed by atoms with Crippen molar-refractivity contribution in [1.29, 1.82) is 0 Å². The summed E-state index contributed by atoms with van der Waals surface area (Å²) < 4.78 is 4.64. The molecule has 0 amide bonds. The third-order valence-corrected chi connectivity index (χ3v) is 4.35. The molecular weight excluding hydrogens is 417 g/mol. The van der Waals surface area contributed by atoms with Crippen molar-refractivity contribution in [2.75, 3.05) is 0 Å². The van der Waals surface area contributed by atoms with Crippen LogP contribution in [0.25, 0.3) is 22.5 Å². The number of carboxylic acids is 1. The molecule has 3 aromatic rings. The summed E-state index contributed by atoms with van der Waals surface area (Å²) in [6.45, 7) is 0. The number of ether oxygens (including phenoxy) is 1. The quantitative estimate of drug-likeness (QED) is 0.458. The minimum absolute atomic E-state index is 0.0497. The molecule has 3 rings (SSSR count). The molecule has 29 heavy (non-hydrogen) atoms. The van der Waals surface area contributed by atoms with Crippen LogP contribution in [0.3, 0.4) is 0 Å². The van der Waals surface area contributed by atoms with Crippen molar-refractivity contribution in [2.24, 2.45) is 0 Å². The molecule has 0 spiro atoms. The molecular formula is C21H13Cl2NO5. The number of halogens is 2. The summed E-state index contributed by atoms with van der Waals surface area (Å²) in [5.41, 5.74) is 2.33. The number of benzene rings is 2. The van der Waals surface area contributed by atoms with Crippen LogP contribution < -0.4 is 0 Å². The maximum Gasteiger partial charge on any atom is 0.345 e. The van der Waals surface area contributed by atoms with Gasteiger partial charge < -0.3 is 9.84 Å². The van der Waals surface area contributed by atoms with E-state index < -0.39 is 24.3 Å². The van der Waals surface area contributed by atoms with Crippen LogP contribution in [0.2, 0.25) is 10.0 Å². The minimum Gasteiger partial charge on any atom is -0.481 e. The van der Waals surface area contributed by atoms with Crippen molar-refractivity contribution in [1.82, 2.24) is 4.98 Å². The average molecular weight is 430 g/mol. The van der Waals surface area contributed by atoms with Crippen molar-refractivity contribution in [3.05, 3.63) is 76.3 Å². The van der Waals surface area contributed by atoms with Crippen molar-refractivity contribution in [2.45, 2.75) is 6.42 Å². The Kier molecular flexibility index (Phi) is 6.26. The van der Waals surface area contributed by atoms with Gasteiger partial charge in [0.15, 0.2) is 0 Å². The number of carbonyl (C=O) groups excluding carboxylic acids is 2. The Balaban J connectivity index is 2.03. The summed E-state index contributed by atoms with van der Waals surface area (Å²) in [5.74, 6) is -3.51. The van der Waals surface area contributed by atoms with Crippen LogP contribution in [-0.4, -0.2) is 28.0 Å². The number of aliphatic carboxylic acids is 1. The van der Waals surface area contributed by atoms with Crippen LogP contribution in [-0.2, 0) is 14.3 Å². The lowest BCUT2D eigenvalue weighted by atomic mass is 10.0. The van der Waals surface area contributed by atoms with E-state index in [4.69, 9.17) is 28.3 Å². The lowest BCUT2D eigenvalue weighted by Gasteiger charge is -2.09. The molecule has 0 aliphatic heterocycles. The second-order valence-corrected chi connectivity index (χ2v) is 6.85. The van der Waals surface area contributed by atoms with Gasteiger partial charge in [0.25, 0.3) is 0 Å². The highest BCUT2D eigenvalue weighted by molar-refractivity contribution is 6.30. The van der Waals surface area contributed by atoms with Gasteiger partial charge in [0.05, 0.1) is 17.0 Å². The Hall–Kier alpha value is -3.22. The molecule has 0 aliphatic rings. The van der Waals surface area contributed by atoms with Gasteiger partial charge in [-0.1, -0.05) is 47.5 Å². The number of hydrogen-bond donors (Lipinski definition) is 1. The number of carbonyl (C=O) groups is 3. The molecule has 0 bridgehead atoms. The topological polar surface area (TPSA) is 93.6 Å². The maximum absolute atomic E-state index is 12.4. The molecule has 0 aliphatic carbocycles. The lowest BCUT2D eigenvalue weighted by molar-refractivity contribution is -0.147. The average Bonchev–Trinajstić information content (AvgIpc) is 2.68. The van der Waals surface area contributed by atoms with Crippen LogP contribution in [0.4, 0.5) is 0 Å². The first kappa shape index (κ1) is 20.5. The molecule has 2 aromatic carbocycles. The number of rotatable bonds is 5. The van der Waals surface area contributed by atoms with E-state index in [2.05, 4.69) is 9.72 Å². The Morgan fingerprint density at radius 2 is 1.28 bits per heavy atom. The molecule has 0 atom stereocenters. The van der Waals surface area contributed by atoms with E-state index in [0.717, 1.165) is 0 Å². The molecule has 0 radical (unpaired) electrons. The van der Waals surface area contributed by atoms with Gasteiger partial charge in [-0.25, -0.2) is 9.78 Å². The summed E-state index contributed by atoms with van der Waals surface area (Å²) in [4.78, 5) is 39.1. The van der Waals surface area contributed by atoms with Gasteiger partial charge in [0, 0.05) is 21.2 Å². The summed E-state index contributed by atoms with van der Waals surface area (Å²) >= 11 is 11.9. The Morgan fingerprint density at radius 1 is 0.828 bits per heavy atom. The first-order valence-corrected chi connectivity index (χ1v) is 9.08. The van der Waals surface area contributed by atoms with Crippen LogP contribution in [0.15, 0.2) is 60.7 Å². The molecule has 1 N–H and O–H groups in total. The van der Waals surface area contributed by atoms with E-state index >= 15 is 0 Å². The molecule has 0 saturated heterocycles. The van der Waals surface area contributed by atoms with Gasteiger partial charge in [0.2, 0.25) is 0 Å². The van der Waals surface area contributed by atoms with E-state index in [9.17, 15) is 14.4 Å². The van der Waals surface area contributed by atoms with Crippen molar-refractivity contribution in [3.63, 3.8) is 0 Å². The summed E-state index contributed by atoms with van der Waals surface area (Å²) in [6.07, 6.45) is -0.912. The van der Waals surface area contributed by atoms with Crippen molar-refractivity contribution >= 4 is 41.1 Å². The second-order valence-electron chi connectivity index (χ2n) is 5.97. The number of carboxylic acid groups (broad SMARTS) is 1. The van der Waals surface area contributed by atoms with E-state index in [1.807, 2.05) is 0 Å². The van der Waals surface area contributed by atoms with Gasteiger partial charge in [-0.05, 0) is 36.4 Å². The molecule has 8 heteroatoms. The predicted molar refractivity (Wildman–Crippen MR) is 108 cm³/mol. The van der Waals surface area contributed by atoms with Crippen LogP contribution in [0, 0.1) is 0 Å². The standard InChI is InChI=1S/C21H13Cl2NO5/c22-15-5-1-12(2-6-15)17-9-14(21(28)29-20(27)11-19(25)26)10-18(24-17)13-3-7-16(23)8-4-13/h1-10H,11H2,(H,25,26). The highest BCUT2D eigenvalue weighted by atomic mass is 35.5. The van der Waals surface area contributed by atoms with Gasteiger partial charge in [-0.15, -0.1) is 0 Å². The first-order chi connectivity index (χ1) is 13.8. The third-order valence-electron chi connectivity index (χ3n) is 3.84. The SMILES string of the molecule is O=C(O)CC(=O)OC(=O)c1cc(-c2ccc(Cl)cc2)nc(-c2ccc(Cl)cc2)c1. The third kappa shape index (κ3) is 5.40. The normalized spacial score (nSPS) is 10.4. The van der Waals surface area contributed by atoms with E-state index in [0.29, 0.717) is 32.6 Å². The second kappa shape index (κ2) is 8.86. The van der Waals surface area contributed by atoms with Crippen LogP contribution in [0.1, 0.15) is 16.8 Å². The number of pyridine rings is 1. The number of hydrogen-bond acceptors (Lipinski definition) is 5. The van der Waals surface area contributed by atoms with Gasteiger partial charge in [0.1, 0.15) is 6.42 Å². The van der Waals surface area contributed by atoms with Gasteiger partial charge >= 0.3 is 17.9 Å². The zero-order chi connectivity index (χ0) is 21.0. The molecule has 1 heterocycles. The maximum atomic E-state index is 12.4. The molecule has 0 saturated carbocycles. The fraction of sp³-hybridized carbons (Fsp3) is 0.0476. The zero-order valence-corrected chi connectivity index (χ0v) is 16.3. The Bertz CT molecular complexity index is 1020. The fourth-order valence-electron chi connectivity index (χ4n) is 2.51. The summed E-state index contributed by atoms with van der Waals surface area (Å²) in [5, 5.41) is 9.74. The number of esters is 2. The molecule has 0 unspecified atom stereocenters. The fourth-order valence-corrected chi connectivity index (χ4v) is 2.76. The zero-order valence-electron chi connectivity index (χ0n) is 14.8. The van der Waals surface area contributed by atoms with Gasteiger partial charge in [-0.3, -0.25) is 9.59 Å². The van der Waals surface area contributed by atoms with Crippen molar-refractivity contribution < 1.29 is 24.2 Å². The van der Waals surface area contributed by atoms with E-state index in [1.54, 1.807) is 48.5 Å². The smallest absolute Gasteiger partial charge is 0.345 e. The number of aromatic nitrogens is 1. The van der Waals surface area contributed by atoms with E-state index in [-0.39, 0.29) is 5.56 Å². The first-order valence-electron chi connectivity index (χ1n) is 8.32. The minimum atomic E-state index is -1.39. The van der Waals surface area contributed by atoms with Crippen molar-refractivity contribution in [3.8, 4) is 22.5 Å². The number of nitrogens with zero attached hydrogens (tertiary/aromatic N) is 1. The Labute approximate surface area is 175 Å². The summed E-state index contributed by atoms with van der Waals surface area (Å²) in [6, 6.07) is 16.6. The lowest BCUT2D eigenvalue weighted by Crippen LogP contribution is -2.16. The largest absolute Gasteiger partial charge is 0.481 e. The highest BCUT2D eigenvalue weighted by Crippen LogP contribution is 2.27.